The minimum absolute atomic E-state index is 0.0239. The molecule has 3 rings (SSSR count). The predicted octanol–water partition coefficient (Wildman–Crippen LogP) is 4.52. The molecular weight excluding hydrogens is 536 g/mol. The fraction of sp³-hybridized carbons (Fsp3) is 0.278. The van der Waals surface area contributed by atoms with Crippen LogP contribution in [0.3, 0.4) is 0 Å². The SMILES string of the molecule is Cc1oc(C2OC[C@@H](O)[C@H]2O)cc1C(=O)/C(Br)=C/c1ccc(Br)cc1Br. The molecule has 8 heteroatoms. The van der Waals surface area contributed by atoms with Crippen LogP contribution in [0.1, 0.15) is 33.5 Å². The minimum atomic E-state index is -1.08. The molecule has 2 heterocycles. The third kappa shape index (κ3) is 4.05. The van der Waals surface area contributed by atoms with Crippen LogP contribution < -0.4 is 0 Å². The van der Waals surface area contributed by atoms with Gasteiger partial charge in [0.1, 0.15) is 29.8 Å². The van der Waals surface area contributed by atoms with E-state index in [-0.39, 0.29) is 12.4 Å². The second-order valence-electron chi connectivity index (χ2n) is 5.92. The van der Waals surface area contributed by atoms with Crippen LogP contribution in [-0.4, -0.2) is 34.8 Å². The van der Waals surface area contributed by atoms with Gasteiger partial charge in [-0.25, -0.2) is 0 Å². The number of hydrogen-bond donors (Lipinski definition) is 2. The molecule has 26 heavy (non-hydrogen) atoms. The van der Waals surface area contributed by atoms with Crippen LogP contribution in [0.4, 0.5) is 0 Å². The van der Waals surface area contributed by atoms with Crippen LogP contribution >= 0.6 is 47.8 Å². The number of Topliss-reactive ketones (excluding diaryl/α,β-unsaturated/α-hetero) is 1. The van der Waals surface area contributed by atoms with Gasteiger partial charge in [-0.2, -0.15) is 0 Å². The first kappa shape index (κ1) is 20.0. The van der Waals surface area contributed by atoms with Crippen molar-refractivity contribution in [2.75, 3.05) is 6.61 Å². The fourth-order valence-corrected chi connectivity index (χ4v) is 4.29. The first-order valence-electron chi connectivity index (χ1n) is 7.73. The molecule has 1 unspecified atom stereocenters. The highest BCUT2D eigenvalue weighted by Gasteiger charge is 2.38. The quantitative estimate of drug-likeness (QED) is 0.432. The second-order valence-corrected chi connectivity index (χ2v) is 8.54. The molecule has 0 saturated carbocycles. The van der Waals surface area contributed by atoms with Crippen molar-refractivity contribution < 1.29 is 24.2 Å². The second kappa shape index (κ2) is 8.08. The van der Waals surface area contributed by atoms with Crippen LogP contribution in [-0.2, 0) is 4.74 Å². The Balaban J connectivity index is 1.87. The fourth-order valence-electron chi connectivity index (χ4n) is 2.67. The zero-order valence-electron chi connectivity index (χ0n) is 13.6. The lowest BCUT2D eigenvalue weighted by Crippen LogP contribution is -2.24. The molecule has 1 aromatic heterocycles. The van der Waals surface area contributed by atoms with Gasteiger partial charge in [0.05, 0.1) is 16.7 Å². The van der Waals surface area contributed by atoms with E-state index >= 15 is 0 Å². The van der Waals surface area contributed by atoms with Crippen LogP contribution in [0.15, 0.2) is 42.1 Å². The summed E-state index contributed by atoms with van der Waals surface area (Å²) in [6.07, 6.45) is -1.11. The number of carbonyl (C=O) groups is 1. The zero-order valence-corrected chi connectivity index (χ0v) is 18.3. The molecule has 0 radical (unpaired) electrons. The van der Waals surface area contributed by atoms with E-state index in [1.807, 2.05) is 18.2 Å². The first-order valence-corrected chi connectivity index (χ1v) is 10.1. The molecule has 0 amide bonds. The lowest BCUT2D eigenvalue weighted by Gasteiger charge is -2.11. The van der Waals surface area contributed by atoms with Crippen LogP contribution in [0.5, 0.6) is 0 Å². The van der Waals surface area contributed by atoms with E-state index in [1.54, 1.807) is 19.1 Å². The predicted molar refractivity (Wildman–Crippen MR) is 107 cm³/mol. The van der Waals surface area contributed by atoms with E-state index in [2.05, 4.69) is 47.8 Å². The van der Waals surface area contributed by atoms with Gasteiger partial charge in [-0.15, -0.1) is 0 Å². The van der Waals surface area contributed by atoms with E-state index in [9.17, 15) is 15.0 Å². The number of hydrogen-bond acceptors (Lipinski definition) is 5. The summed E-state index contributed by atoms with van der Waals surface area (Å²) in [4.78, 5) is 12.8. The van der Waals surface area contributed by atoms with Crippen molar-refractivity contribution in [2.24, 2.45) is 0 Å². The summed E-state index contributed by atoms with van der Waals surface area (Å²) >= 11 is 10.2. The highest BCUT2D eigenvalue weighted by molar-refractivity contribution is 9.12. The summed E-state index contributed by atoms with van der Waals surface area (Å²) in [5, 5.41) is 19.6. The Hall–Kier alpha value is -0.770. The van der Waals surface area contributed by atoms with Crippen molar-refractivity contribution >= 4 is 59.6 Å². The van der Waals surface area contributed by atoms with E-state index in [0.29, 0.717) is 21.6 Å². The number of ketones is 1. The molecular formula is C18H15Br3O5. The minimum Gasteiger partial charge on any atom is -0.463 e. The Kier molecular flexibility index (Phi) is 6.21. The molecule has 2 aromatic rings. The van der Waals surface area contributed by atoms with Gasteiger partial charge < -0.3 is 19.4 Å². The molecule has 1 fully saturated rings. The summed E-state index contributed by atoms with van der Waals surface area (Å²) in [6.45, 7) is 1.69. The number of aliphatic hydroxyl groups is 2. The van der Waals surface area contributed by atoms with Gasteiger partial charge >= 0.3 is 0 Å². The molecule has 1 aromatic carbocycles. The standard InChI is InChI=1S/C18H15Br3O5/c1-8-11(6-15(26-8)18-17(24)14(22)7-25-18)16(23)13(21)4-9-2-3-10(19)5-12(9)20/h2-6,14,17-18,22,24H,7H2,1H3/b13-4-/t14-,17-,18?/m1/s1. The van der Waals surface area contributed by atoms with Crippen molar-refractivity contribution in [3.05, 3.63) is 60.3 Å². The molecule has 0 spiro atoms. The number of ether oxygens (including phenoxy) is 1. The average Bonchev–Trinajstić information content (AvgIpc) is 3.12. The third-order valence-corrected chi connectivity index (χ3v) is 5.84. The molecule has 5 nitrogen and oxygen atoms in total. The third-order valence-electron chi connectivity index (χ3n) is 4.07. The molecule has 1 aliphatic heterocycles. The maximum Gasteiger partial charge on any atom is 0.203 e. The van der Waals surface area contributed by atoms with E-state index in [1.165, 1.54) is 0 Å². The number of halogens is 3. The summed E-state index contributed by atoms with van der Waals surface area (Å²) in [6, 6.07) is 7.20. The molecule has 1 aliphatic rings. The number of furan rings is 1. The number of rotatable bonds is 4. The molecule has 2 N–H and O–H groups in total. The number of allylic oxidation sites excluding steroid dienone is 1. The number of benzene rings is 1. The largest absolute Gasteiger partial charge is 0.463 e. The van der Waals surface area contributed by atoms with Crippen molar-refractivity contribution in [1.29, 1.82) is 0 Å². The lowest BCUT2D eigenvalue weighted by atomic mass is 10.1. The van der Waals surface area contributed by atoms with Crippen molar-refractivity contribution in [3.63, 3.8) is 0 Å². The number of aliphatic hydroxyl groups excluding tert-OH is 2. The van der Waals surface area contributed by atoms with E-state index in [4.69, 9.17) is 9.15 Å². The summed E-state index contributed by atoms with van der Waals surface area (Å²) in [7, 11) is 0. The normalized spacial score (nSPS) is 23.5. The zero-order chi connectivity index (χ0) is 19.0. The van der Waals surface area contributed by atoms with Gasteiger partial charge in [0.25, 0.3) is 0 Å². The van der Waals surface area contributed by atoms with Crippen molar-refractivity contribution in [2.45, 2.75) is 25.2 Å². The molecule has 3 atom stereocenters. The Morgan fingerprint density at radius 3 is 2.62 bits per heavy atom. The molecule has 0 bridgehead atoms. The summed E-state index contributed by atoms with van der Waals surface area (Å²) < 4.78 is 13.1. The highest BCUT2D eigenvalue weighted by Crippen LogP contribution is 2.34. The number of carbonyl (C=O) groups excluding carboxylic acids is 1. The maximum absolute atomic E-state index is 12.8. The Morgan fingerprint density at radius 1 is 1.27 bits per heavy atom. The Morgan fingerprint density at radius 2 is 2.00 bits per heavy atom. The first-order chi connectivity index (χ1) is 12.3. The van der Waals surface area contributed by atoms with Gasteiger partial charge in [0.2, 0.25) is 5.78 Å². The van der Waals surface area contributed by atoms with E-state index < -0.39 is 18.3 Å². The van der Waals surface area contributed by atoms with Gasteiger partial charge in [-0.3, -0.25) is 4.79 Å². The maximum atomic E-state index is 12.8. The van der Waals surface area contributed by atoms with Gasteiger partial charge in [-0.05, 0) is 52.7 Å². The Labute approximate surface area is 175 Å². The smallest absolute Gasteiger partial charge is 0.203 e. The van der Waals surface area contributed by atoms with Crippen molar-refractivity contribution in [1.82, 2.24) is 0 Å². The summed E-state index contributed by atoms with van der Waals surface area (Å²) in [5.41, 5.74) is 1.21. The van der Waals surface area contributed by atoms with Crippen molar-refractivity contribution in [3.8, 4) is 0 Å². The van der Waals surface area contributed by atoms with E-state index in [0.717, 1.165) is 14.5 Å². The molecule has 138 valence electrons. The van der Waals surface area contributed by atoms with Crippen LogP contribution in [0.25, 0.3) is 6.08 Å². The van der Waals surface area contributed by atoms with Crippen LogP contribution in [0, 0.1) is 6.92 Å². The monoisotopic (exact) mass is 548 g/mol. The van der Waals surface area contributed by atoms with Gasteiger partial charge in [0, 0.05) is 8.95 Å². The lowest BCUT2D eigenvalue weighted by molar-refractivity contribution is 0.0117. The van der Waals surface area contributed by atoms with Crippen LogP contribution in [0.2, 0.25) is 0 Å². The average molecular weight is 551 g/mol. The Bertz CT molecular complexity index is 874. The van der Waals surface area contributed by atoms with Gasteiger partial charge in [0.15, 0.2) is 0 Å². The highest BCUT2D eigenvalue weighted by atomic mass is 79.9. The van der Waals surface area contributed by atoms with Gasteiger partial charge in [-0.1, -0.05) is 37.9 Å². The summed E-state index contributed by atoms with van der Waals surface area (Å²) in [5.74, 6) is 0.489. The topological polar surface area (TPSA) is 79.9 Å². The molecule has 1 saturated heterocycles. The molecule has 0 aliphatic carbocycles. The number of aryl methyl sites for hydroxylation is 1.